The Morgan fingerprint density at radius 2 is 2.39 bits per heavy atom. The maximum absolute atomic E-state index is 9.23. The van der Waals surface area contributed by atoms with Crippen LogP contribution >= 0.6 is 0 Å². The lowest BCUT2D eigenvalue weighted by Crippen LogP contribution is -2.36. The van der Waals surface area contributed by atoms with E-state index in [2.05, 4.69) is 14.9 Å². The van der Waals surface area contributed by atoms with Gasteiger partial charge in [0.25, 0.3) is 0 Å². The fourth-order valence-corrected chi connectivity index (χ4v) is 2.63. The van der Waals surface area contributed by atoms with Crippen molar-refractivity contribution in [2.75, 3.05) is 19.7 Å². The van der Waals surface area contributed by atoms with Crippen molar-refractivity contribution in [3.8, 4) is 0 Å². The molecular weight excluding hydrogens is 228 g/mol. The first-order valence-corrected chi connectivity index (χ1v) is 6.47. The second kappa shape index (κ2) is 5.04. The van der Waals surface area contributed by atoms with Crippen LogP contribution in [-0.2, 0) is 6.54 Å². The van der Waals surface area contributed by atoms with Gasteiger partial charge in [-0.05, 0) is 31.4 Å². The van der Waals surface area contributed by atoms with Crippen molar-refractivity contribution in [1.29, 1.82) is 0 Å². The number of likely N-dealkylation sites (tertiary alicyclic amines) is 1. The van der Waals surface area contributed by atoms with Crippen LogP contribution in [0.5, 0.6) is 0 Å². The van der Waals surface area contributed by atoms with Gasteiger partial charge in [0.05, 0.1) is 5.69 Å². The number of aromatic nitrogens is 3. The van der Waals surface area contributed by atoms with E-state index in [1.54, 1.807) is 6.20 Å². The van der Waals surface area contributed by atoms with Crippen LogP contribution in [0.1, 0.15) is 18.5 Å². The minimum Gasteiger partial charge on any atom is -0.396 e. The Morgan fingerprint density at radius 3 is 3.22 bits per heavy atom. The molecule has 1 unspecified atom stereocenters. The number of aliphatic hydroxyl groups is 1. The van der Waals surface area contributed by atoms with Gasteiger partial charge in [0.2, 0.25) is 5.78 Å². The normalized spacial score (nSPS) is 21.5. The van der Waals surface area contributed by atoms with Gasteiger partial charge >= 0.3 is 0 Å². The average molecular weight is 246 g/mol. The van der Waals surface area contributed by atoms with Gasteiger partial charge in [0.15, 0.2) is 0 Å². The molecule has 1 aliphatic heterocycles. The molecule has 3 heterocycles. The van der Waals surface area contributed by atoms with E-state index in [0.717, 1.165) is 43.9 Å². The summed E-state index contributed by atoms with van der Waals surface area (Å²) in [5.74, 6) is 1.18. The molecule has 1 aliphatic rings. The van der Waals surface area contributed by atoms with Crippen molar-refractivity contribution in [2.45, 2.75) is 19.4 Å². The summed E-state index contributed by atoms with van der Waals surface area (Å²) < 4.78 is 1.95. The minimum atomic E-state index is 0.295. The highest BCUT2D eigenvalue weighted by atomic mass is 16.3. The number of rotatable bonds is 3. The molecule has 0 radical (unpaired) electrons. The Morgan fingerprint density at radius 1 is 1.44 bits per heavy atom. The van der Waals surface area contributed by atoms with Crippen molar-refractivity contribution in [3.63, 3.8) is 0 Å². The molecule has 5 heteroatoms. The summed E-state index contributed by atoms with van der Waals surface area (Å²) in [5, 5.41) is 9.23. The number of imidazole rings is 1. The van der Waals surface area contributed by atoms with Gasteiger partial charge in [-0.3, -0.25) is 9.30 Å². The number of hydrogen-bond donors (Lipinski definition) is 1. The third-order valence-corrected chi connectivity index (χ3v) is 3.53. The van der Waals surface area contributed by atoms with Crippen LogP contribution in [-0.4, -0.2) is 44.1 Å². The molecule has 0 bridgehead atoms. The van der Waals surface area contributed by atoms with Crippen LogP contribution in [0, 0.1) is 5.92 Å². The maximum Gasteiger partial charge on any atom is 0.233 e. The van der Waals surface area contributed by atoms with Crippen LogP contribution in [0.15, 0.2) is 24.7 Å². The van der Waals surface area contributed by atoms with E-state index in [0.29, 0.717) is 12.5 Å². The van der Waals surface area contributed by atoms with Gasteiger partial charge < -0.3 is 5.11 Å². The molecule has 2 aromatic heterocycles. The predicted molar refractivity (Wildman–Crippen MR) is 68.1 cm³/mol. The summed E-state index contributed by atoms with van der Waals surface area (Å²) >= 11 is 0. The molecule has 0 aliphatic carbocycles. The summed E-state index contributed by atoms with van der Waals surface area (Å²) in [6.45, 7) is 3.21. The SMILES string of the molecule is OCC1CCCN(Cc2cn3cccnc3n2)C1. The zero-order chi connectivity index (χ0) is 12.4. The largest absolute Gasteiger partial charge is 0.396 e. The highest BCUT2D eigenvalue weighted by molar-refractivity contribution is 5.29. The van der Waals surface area contributed by atoms with Gasteiger partial charge in [-0.1, -0.05) is 0 Å². The Kier molecular flexibility index (Phi) is 3.25. The third kappa shape index (κ3) is 2.37. The monoisotopic (exact) mass is 246 g/mol. The molecule has 0 saturated carbocycles. The van der Waals surface area contributed by atoms with Gasteiger partial charge in [0.1, 0.15) is 0 Å². The highest BCUT2D eigenvalue weighted by Crippen LogP contribution is 2.17. The number of piperidine rings is 1. The summed E-state index contributed by atoms with van der Waals surface area (Å²) in [6, 6.07) is 1.90. The molecule has 3 rings (SSSR count). The molecule has 1 fully saturated rings. The number of fused-ring (bicyclic) bond motifs is 1. The molecule has 18 heavy (non-hydrogen) atoms. The first kappa shape index (κ1) is 11.6. The van der Waals surface area contributed by atoms with Crippen molar-refractivity contribution >= 4 is 5.78 Å². The predicted octanol–water partition coefficient (Wildman–Crippen LogP) is 0.934. The van der Waals surface area contributed by atoms with Crippen LogP contribution in [0.2, 0.25) is 0 Å². The van der Waals surface area contributed by atoms with E-state index in [1.165, 1.54) is 0 Å². The van der Waals surface area contributed by atoms with Crippen molar-refractivity contribution < 1.29 is 5.11 Å². The fraction of sp³-hybridized carbons (Fsp3) is 0.538. The number of hydrogen-bond acceptors (Lipinski definition) is 4. The molecule has 1 atom stereocenters. The maximum atomic E-state index is 9.23. The van der Waals surface area contributed by atoms with Crippen LogP contribution in [0.25, 0.3) is 5.78 Å². The van der Waals surface area contributed by atoms with E-state index >= 15 is 0 Å². The third-order valence-electron chi connectivity index (χ3n) is 3.53. The van der Waals surface area contributed by atoms with E-state index in [1.807, 2.05) is 22.9 Å². The second-order valence-electron chi connectivity index (χ2n) is 4.99. The van der Waals surface area contributed by atoms with Crippen LogP contribution in [0.4, 0.5) is 0 Å². The van der Waals surface area contributed by atoms with Gasteiger partial charge in [-0.15, -0.1) is 0 Å². The van der Waals surface area contributed by atoms with E-state index in [4.69, 9.17) is 0 Å². The molecule has 96 valence electrons. The minimum absolute atomic E-state index is 0.295. The average Bonchev–Trinajstić information content (AvgIpc) is 2.81. The van der Waals surface area contributed by atoms with Crippen molar-refractivity contribution in [2.24, 2.45) is 5.92 Å². The van der Waals surface area contributed by atoms with E-state index in [-0.39, 0.29) is 0 Å². The second-order valence-corrected chi connectivity index (χ2v) is 4.99. The molecule has 1 saturated heterocycles. The molecule has 0 amide bonds. The molecule has 5 nitrogen and oxygen atoms in total. The fourth-order valence-electron chi connectivity index (χ4n) is 2.63. The van der Waals surface area contributed by atoms with Gasteiger partial charge in [-0.2, -0.15) is 0 Å². The summed E-state index contributed by atoms with van der Waals surface area (Å²) in [5.41, 5.74) is 1.05. The Hall–Kier alpha value is -1.46. The summed E-state index contributed by atoms with van der Waals surface area (Å²) in [7, 11) is 0. The van der Waals surface area contributed by atoms with Gasteiger partial charge in [0, 0.05) is 38.3 Å². The summed E-state index contributed by atoms with van der Waals surface area (Å²) in [6.07, 6.45) is 8.06. The number of aliphatic hydroxyl groups excluding tert-OH is 1. The lowest BCUT2D eigenvalue weighted by atomic mass is 9.99. The van der Waals surface area contributed by atoms with E-state index in [9.17, 15) is 5.11 Å². The lowest BCUT2D eigenvalue weighted by Gasteiger charge is -2.31. The Balaban J connectivity index is 1.71. The standard InChI is InChI=1S/C13H18N4O/c18-10-11-3-1-5-16(7-11)8-12-9-17-6-2-4-14-13(17)15-12/h2,4,6,9,11,18H,1,3,5,7-8,10H2. The Labute approximate surface area is 106 Å². The quantitative estimate of drug-likeness (QED) is 0.875. The zero-order valence-electron chi connectivity index (χ0n) is 10.4. The molecule has 2 aromatic rings. The summed E-state index contributed by atoms with van der Waals surface area (Å²) in [4.78, 5) is 11.1. The zero-order valence-corrected chi connectivity index (χ0v) is 10.4. The van der Waals surface area contributed by atoms with E-state index < -0.39 is 0 Å². The molecule has 0 aromatic carbocycles. The van der Waals surface area contributed by atoms with Crippen LogP contribution in [0.3, 0.4) is 0 Å². The van der Waals surface area contributed by atoms with Crippen molar-refractivity contribution in [1.82, 2.24) is 19.3 Å². The number of nitrogens with zero attached hydrogens (tertiary/aromatic N) is 4. The van der Waals surface area contributed by atoms with Crippen molar-refractivity contribution in [3.05, 3.63) is 30.4 Å². The smallest absolute Gasteiger partial charge is 0.233 e. The first-order valence-electron chi connectivity index (χ1n) is 6.47. The van der Waals surface area contributed by atoms with Gasteiger partial charge in [-0.25, -0.2) is 9.97 Å². The molecule has 0 spiro atoms. The van der Waals surface area contributed by atoms with Crippen LogP contribution < -0.4 is 0 Å². The Bertz CT molecular complexity index is 491. The lowest BCUT2D eigenvalue weighted by molar-refractivity contribution is 0.115. The topological polar surface area (TPSA) is 53.7 Å². The first-order chi connectivity index (χ1) is 8.85. The highest BCUT2D eigenvalue weighted by Gasteiger charge is 2.19. The molecular formula is C13H18N4O. The molecule has 1 N–H and O–H groups in total.